The van der Waals surface area contributed by atoms with Crippen molar-refractivity contribution in [1.82, 2.24) is 9.97 Å². The summed E-state index contributed by atoms with van der Waals surface area (Å²) in [6.07, 6.45) is 0. The maximum Gasteiger partial charge on any atom is 0.357 e. The maximum absolute atomic E-state index is 12.3. The highest BCUT2D eigenvalue weighted by atomic mass is 16.5. The number of hydrogen-bond donors (Lipinski definition) is 0. The Morgan fingerprint density at radius 3 is 2.50 bits per heavy atom. The summed E-state index contributed by atoms with van der Waals surface area (Å²) in [5, 5.41) is 0. The number of benzene rings is 1. The molecular formula is C15H14N2O3. The number of ketones is 1. The lowest BCUT2D eigenvalue weighted by Crippen LogP contribution is -2.14. The fourth-order valence-electron chi connectivity index (χ4n) is 1.70. The van der Waals surface area contributed by atoms with Gasteiger partial charge < -0.3 is 4.74 Å². The molecule has 0 radical (unpaired) electrons. The van der Waals surface area contributed by atoms with Crippen LogP contribution in [0.1, 0.15) is 39.3 Å². The van der Waals surface area contributed by atoms with Crippen LogP contribution in [0.5, 0.6) is 0 Å². The number of aryl methyl sites for hydroxylation is 1. The van der Waals surface area contributed by atoms with Crippen LogP contribution in [0.3, 0.4) is 0 Å². The van der Waals surface area contributed by atoms with E-state index in [1.165, 1.54) is 6.07 Å². The molecule has 0 bridgehead atoms. The lowest BCUT2D eigenvalue weighted by molar-refractivity contribution is 0.0519. The molecule has 102 valence electrons. The van der Waals surface area contributed by atoms with Gasteiger partial charge in [0.25, 0.3) is 0 Å². The molecule has 0 aliphatic carbocycles. The van der Waals surface area contributed by atoms with E-state index in [0.29, 0.717) is 11.3 Å². The normalized spacial score (nSPS) is 10.1. The Balaban J connectivity index is 2.38. The van der Waals surface area contributed by atoms with Crippen molar-refractivity contribution >= 4 is 11.8 Å². The summed E-state index contributed by atoms with van der Waals surface area (Å²) in [7, 11) is 0. The van der Waals surface area contributed by atoms with E-state index < -0.39 is 5.97 Å². The summed E-state index contributed by atoms with van der Waals surface area (Å²) >= 11 is 0. The fraction of sp³-hybridized carbons (Fsp3) is 0.200. The van der Waals surface area contributed by atoms with Crippen LogP contribution >= 0.6 is 0 Å². The largest absolute Gasteiger partial charge is 0.461 e. The Morgan fingerprint density at radius 2 is 1.85 bits per heavy atom. The van der Waals surface area contributed by atoms with Crippen LogP contribution in [-0.2, 0) is 4.74 Å². The number of ether oxygens (including phenoxy) is 1. The van der Waals surface area contributed by atoms with E-state index in [4.69, 9.17) is 4.74 Å². The van der Waals surface area contributed by atoms with Gasteiger partial charge in [-0.3, -0.25) is 4.79 Å². The summed E-state index contributed by atoms with van der Waals surface area (Å²) in [4.78, 5) is 32.0. The van der Waals surface area contributed by atoms with Gasteiger partial charge in [-0.15, -0.1) is 0 Å². The van der Waals surface area contributed by atoms with E-state index in [1.807, 2.05) is 6.07 Å². The first-order chi connectivity index (χ1) is 9.61. The number of rotatable bonds is 4. The zero-order valence-corrected chi connectivity index (χ0v) is 11.3. The van der Waals surface area contributed by atoms with Crippen LogP contribution in [-0.4, -0.2) is 28.3 Å². The van der Waals surface area contributed by atoms with Crippen molar-refractivity contribution in [1.29, 1.82) is 0 Å². The van der Waals surface area contributed by atoms with Gasteiger partial charge in [0.2, 0.25) is 11.6 Å². The SMILES string of the molecule is CCOC(=O)c1cc(C)nc(C(=O)c2ccccc2)n1. The molecule has 1 aromatic heterocycles. The van der Waals surface area contributed by atoms with E-state index in [0.717, 1.165) is 0 Å². The minimum Gasteiger partial charge on any atom is -0.461 e. The quantitative estimate of drug-likeness (QED) is 0.629. The second kappa shape index (κ2) is 6.06. The van der Waals surface area contributed by atoms with Gasteiger partial charge in [-0.1, -0.05) is 30.3 Å². The van der Waals surface area contributed by atoms with E-state index in [-0.39, 0.29) is 23.9 Å². The average molecular weight is 270 g/mol. The fourth-order valence-corrected chi connectivity index (χ4v) is 1.70. The molecule has 5 nitrogen and oxygen atoms in total. The van der Waals surface area contributed by atoms with E-state index >= 15 is 0 Å². The molecule has 0 N–H and O–H groups in total. The first kappa shape index (κ1) is 13.9. The summed E-state index contributed by atoms with van der Waals surface area (Å²) in [5.74, 6) is -0.876. The summed E-state index contributed by atoms with van der Waals surface area (Å²) < 4.78 is 4.88. The van der Waals surface area contributed by atoms with Crippen LogP contribution in [0.2, 0.25) is 0 Å². The Kier molecular flexibility index (Phi) is 4.20. The molecule has 0 amide bonds. The molecule has 0 fully saturated rings. The van der Waals surface area contributed by atoms with Crippen molar-refractivity contribution in [2.45, 2.75) is 13.8 Å². The molecular weight excluding hydrogens is 256 g/mol. The van der Waals surface area contributed by atoms with E-state index in [9.17, 15) is 9.59 Å². The second-order valence-corrected chi connectivity index (χ2v) is 4.13. The number of esters is 1. The second-order valence-electron chi connectivity index (χ2n) is 4.13. The Hall–Kier alpha value is -2.56. The molecule has 1 heterocycles. The predicted molar refractivity (Wildman–Crippen MR) is 72.6 cm³/mol. The predicted octanol–water partition coefficient (Wildman–Crippen LogP) is 2.19. The third kappa shape index (κ3) is 3.06. The van der Waals surface area contributed by atoms with Gasteiger partial charge in [0.15, 0.2) is 5.69 Å². The third-order valence-corrected chi connectivity index (χ3v) is 2.58. The van der Waals surface area contributed by atoms with Gasteiger partial charge in [-0.2, -0.15) is 0 Å². The lowest BCUT2D eigenvalue weighted by atomic mass is 10.1. The Labute approximate surface area is 116 Å². The summed E-state index contributed by atoms with van der Waals surface area (Å²) in [5.41, 5.74) is 1.12. The minimum absolute atomic E-state index is 0.000692. The molecule has 0 spiro atoms. The van der Waals surface area contributed by atoms with Crippen LogP contribution in [0, 0.1) is 6.92 Å². The summed E-state index contributed by atoms with van der Waals surface area (Å²) in [6, 6.07) is 10.2. The lowest BCUT2D eigenvalue weighted by Gasteiger charge is -2.05. The topological polar surface area (TPSA) is 69.2 Å². The molecule has 20 heavy (non-hydrogen) atoms. The van der Waals surface area contributed by atoms with Gasteiger partial charge in [0, 0.05) is 11.3 Å². The molecule has 1 aromatic carbocycles. The molecule has 0 saturated heterocycles. The van der Waals surface area contributed by atoms with Crippen molar-refractivity contribution in [3.05, 3.63) is 59.2 Å². The number of carbonyl (C=O) groups excluding carboxylic acids is 2. The molecule has 5 heteroatoms. The smallest absolute Gasteiger partial charge is 0.357 e. The molecule has 0 aliphatic rings. The van der Waals surface area contributed by atoms with Gasteiger partial charge in [-0.25, -0.2) is 14.8 Å². The molecule has 0 saturated carbocycles. The van der Waals surface area contributed by atoms with Crippen molar-refractivity contribution < 1.29 is 14.3 Å². The van der Waals surface area contributed by atoms with Crippen molar-refractivity contribution in [2.24, 2.45) is 0 Å². The highest BCUT2D eigenvalue weighted by Crippen LogP contribution is 2.09. The van der Waals surface area contributed by atoms with Gasteiger partial charge >= 0.3 is 5.97 Å². The Morgan fingerprint density at radius 1 is 1.15 bits per heavy atom. The highest BCUT2D eigenvalue weighted by Gasteiger charge is 2.17. The zero-order chi connectivity index (χ0) is 14.5. The van der Waals surface area contributed by atoms with Gasteiger partial charge in [-0.05, 0) is 19.9 Å². The average Bonchev–Trinajstić information content (AvgIpc) is 2.47. The molecule has 2 rings (SSSR count). The van der Waals surface area contributed by atoms with E-state index in [2.05, 4.69) is 9.97 Å². The van der Waals surface area contributed by atoms with Crippen LogP contribution in [0.25, 0.3) is 0 Å². The standard InChI is InChI=1S/C15H14N2O3/c1-3-20-15(19)12-9-10(2)16-14(17-12)13(18)11-7-5-4-6-8-11/h4-9H,3H2,1-2H3. The van der Waals surface area contributed by atoms with Gasteiger partial charge in [0.05, 0.1) is 6.61 Å². The molecule has 0 atom stereocenters. The van der Waals surface area contributed by atoms with Crippen LogP contribution in [0.15, 0.2) is 36.4 Å². The maximum atomic E-state index is 12.3. The first-order valence-corrected chi connectivity index (χ1v) is 6.24. The number of carbonyl (C=O) groups is 2. The highest BCUT2D eigenvalue weighted by molar-refractivity contribution is 6.06. The zero-order valence-electron chi connectivity index (χ0n) is 11.3. The molecule has 0 unspecified atom stereocenters. The Bertz CT molecular complexity index is 639. The van der Waals surface area contributed by atoms with Crippen LogP contribution in [0.4, 0.5) is 0 Å². The summed E-state index contributed by atoms with van der Waals surface area (Å²) in [6.45, 7) is 3.66. The third-order valence-electron chi connectivity index (χ3n) is 2.58. The molecule has 2 aromatic rings. The van der Waals surface area contributed by atoms with Crippen molar-refractivity contribution in [3.8, 4) is 0 Å². The minimum atomic E-state index is -0.555. The number of aromatic nitrogens is 2. The van der Waals surface area contributed by atoms with Crippen molar-refractivity contribution in [2.75, 3.05) is 6.61 Å². The van der Waals surface area contributed by atoms with E-state index in [1.54, 1.807) is 38.1 Å². The van der Waals surface area contributed by atoms with Crippen LogP contribution < -0.4 is 0 Å². The number of nitrogens with zero attached hydrogens (tertiary/aromatic N) is 2. The number of hydrogen-bond acceptors (Lipinski definition) is 5. The van der Waals surface area contributed by atoms with Crippen molar-refractivity contribution in [3.63, 3.8) is 0 Å². The van der Waals surface area contributed by atoms with Gasteiger partial charge in [0.1, 0.15) is 0 Å². The first-order valence-electron chi connectivity index (χ1n) is 6.24. The monoisotopic (exact) mass is 270 g/mol. The molecule has 0 aliphatic heterocycles.